The smallest absolute Gasteiger partial charge is 0.390 e. The number of carboxylic acid groups (broad SMARTS) is 1. The summed E-state index contributed by atoms with van der Waals surface area (Å²) in [7, 11) is 0. The molecule has 1 N–H and O–H groups in total. The summed E-state index contributed by atoms with van der Waals surface area (Å²) >= 11 is 1.01. The summed E-state index contributed by atoms with van der Waals surface area (Å²) in [6.07, 6.45) is -3.87. The molecule has 2 heterocycles. The van der Waals surface area contributed by atoms with Crippen LogP contribution in [0.5, 0.6) is 0 Å². The van der Waals surface area contributed by atoms with E-state index in [1.54, 1.807) is 25.1 Å². The molecule has 0 atom stereocenters. The van der Waals surface area contributed by atoms with Gasteiger partial charge in [0, 0.05) is 29.2 Å². The van der Waals surface area contributed by atoms with Crippen LogP contribution < -0.4 is 0 Å². The number of halogens is 3. The third kappa shape index (κ3) is 3.41. The maximum Gasteiger partial charge on any atom is 0.390 e. The Bertz CT molecular complexity index is 1040. The van der Waals surface area contributed by atoms with E-state index in [1.807, 2.05) is 6.07 Å². The van der Waals surface area contributed by atoms with Gasteiger partial charge in [-0.1, -0.05) is 0 Å². The molecule has 0 aliphatic heterocycles. The molecular weight excluding hydrogens is 367 g/mol. The van der Waals surface area contributed by atoms with Gasteiger partial charge in [-0.3, -0.25) is 0 Å². The van der Waals surface area contributed by atoms with Gasteiger partial charge in [0.25, 0.3) is 0 Å². The SMILES string of the molecule is Cc1nc(-c2ccc3c(c2)c(C#N)cn3CCC(F)(F)F)sc1C(=O)O. The molecule has 1 aromatic carbocycles. The number of rotatable bonds is 4. The number of nitriles is 1. The van der Waals surface area contributed by atoms with E-state index in [1.165, 1.54) is 10.8 Å². The number of aromatic carboxylic acids is 1. The molecule has 0 spiro atoms. The van der Waals surface area contributed by atoms with Crippen LogP contribution in [0.15, 0.2) is 24.4 Å². The minimum atomic E-state index is -4.28. The Kier molecular flexibility index (Phi) is 4.46. The van der Waals surface area contributed by atoms with Gasteiger partial charge in [0.1, 0.15) is 16.0 Å². The Labute approximate surface area is 149 Å². The second kappa shape index (κ2) is 6.46. The first-order chi connectivity index (χ1) is 12.2. The fraction of sp³-hybridized carbons (Fsp3) is 0.235. The molecule has 0 saturated heterocycles. The van der Waals surface area contributed by atoms with Crippen LogP contribution in [0.25, 0.3) is 21.5 Å². The third-order valence-corrected chi connectivity index (χ3v) is 5.07. The first-order valence-corrected chi connectivity index (χ1v) is 8.32. The molecule has 26 heavy (non-hydrogen) atoms. The fourth-order valence-electron chi connectivity index (χ4n) is 2.67. The average molecular weight is 379 g/mol. The van der Waals surface area contributed by atoms with Crippen molar-refractivity contribution < 1.29 is 23.1 Å². The number of carboxylic acids is 1. The number of aromatic nitrogens is 2. The Balaban J connectivity index is 2.05. The summed E-state index contributed by atoms with van der Waals surface area (Å²) in [5.41, 5.74) is 1.78. The minimum Gasteiger partial charge on any atom is -0.477 e. The van der Waals surface area contributed by atoms with Crippen molar-refractivity contribution in [2.24, 2.45) is 0 Å². The number of hydrogen-bond donors (Lipinski definition) is 1. The molecule has 0 unspecified atom stereocenters. The van der Waals surface area contributed by atoms with Crippen LogP contribution in [-0.4, -0.2) is 26.8 Å². The van der Waals surface area contributed by atoms with E-state index in [0.717, 1.165) is 11.3 Å². The predicted octanol–water partition coefficient (Wildman–Crippen LogP) is 4.60. The van der Waals surface area contributed by atoms with Crippen LogP contribution >= 0.6 is 11.3 Å². The topological polar surface area (TPSA) is 78.9 Å². The Morgan fingerprint density at radius 3 is 2.73 bits per heavy atom. The molecule has 0 fully saturated rings. The number of hydrogen-bond acceptors (Lipinski definition) is 4. The van der Waals surface area contributed by atoms with Crippen LogP contribution in [0.4, 0.5) is 13.2 Å². The first-order valence-electron chi connectivity index (χ1n) is 7.50. The van der Waals surface area contributed by atoms with E-state index in [2.05, 4.69) is 4.98 Å². The maximum atomic E-state index is 12.5. The van der Waals surface area contributed by atoms with Gasteiger partial charge in [-0.05, 0) is 25.1 Å². The number of thiazole rings is 1. The summed E-state index contributed by atoms with van der Waals surface area (Å²) < 4.78 is 38.9. The first kappa shape index (κ1) is 17.9. The van der Waals surface area contributed by atoms with E-state index in [4.69, 9.17) is 5.11 Å². The van der Waals surface area contributed by atoms with Crippen LogP contribution in [0.1, 0.15) is 27.3 Å². The van der Waals surface area contributed by atoms with Crippen molar-refractivity contribution >= 4 is 28.2 Å². The number of alkyl halides is 3. The molecule has 0 aliphatic carbocycles. The highest BCUT2D eigenvalue weighted by molar-refractivity contribution is 7.17. The van der Waals surface area contributed by atoms with E-state index < -0.39 is 18.6 Å². The van der Waals surface area contributed by atoms with Crippen LogP contribution in [0.3, 0.4) is 0 Å². The monoisotopic (exact) mass is 379 g/mol. The van der Waals surface area contributed by atoms with E-state index in [-0.39, 0.29) is 17.0 Å². The Hall–Kier alpha value is -2.86. The number of nitrogens with zero attached hydrogens (tertiary/aromatic N) is 3. The van der Waals surface area contributed by atoms with Gasteiger partial charge in [-0.15, -0.1) is 11.3 Å². The highest BCUT2D eigenvalue weighted by Gasteiger charge is 2.27. The highest BCUT2D eigenvalue weighted by atomic mass is 32.1. The Morgan fingerprint density at radius 1 is 1.42 bits per heavy atom. The van der Waals surface area contributed by atoms with Crippen molar-refractivity contribution in [1.29, 1.82) is 5.26 Å². The molecular formula is C17H12F3N3O2S. The van der Waals surface area contributed by atoms with E-state index in [9.17, 15) is 23.2 Å². The van der Waals surface area contributed by atoms with Gasteiger partial charge in [0.15, 0.2) is 0 Å². The van der Waals surface area contributed by atoms with Crippen LogP contribution in [-0.2, 0) is 6.54 Å². The largest absolute Gasteiger partial charge is 0.477 e. The third-order valence-electron chi connectivity index (χ3n) is 3.88. The Morgan fingerprint density at radius 2 is 2.15 bits per heavy atom. The van der Waals surface area contributed by atoms with Crippen molar-refractivity contribution in [3.63, 3.8) is 0 Å². The van der Waals surface area contributed by atoms with Gasteiger partial charge in [-0.25, -0.2) is 9.78 Å². The van der Waals surface area contributed by atoms with Crippen molar-refractivity contribution in [3.8, 4) is 16.6 Å². The van der Waals surface area contributed by atoms with E-state index >= 15 is 0 Å². The summed E-state index contributed by atoms with van der Waals surface area (Å²) in [5.74, 6) is -1.07. The summed E-state index contributed by atoms with van der Waals surface area (Å²) in [5, 5.41) is 19.4. The molecule has 0 saturated carbocycles. The molecule has 3 aromatic rings. The average Bonchev–Trinajstić information content (AvgIpc) is 3.12. The number of aryl methyl sites for hydroxylation is 2. The number of carbonyl (C=O) groups is 1. The normalized spacial score (nSPS) is 11.7. The van der Waals surface area contributed by atoms with Crippen LogP contribution in [0, 0.1) is 18.3 Å². The lowest BCUT2D eigenvalue weighted by atomic mass is 10.1. The van der Waals surface area contributed by atoms with Crippen molar-refractivity contribution in [3.05, 3.63) is 40.5 Å². The second-order valence-electron chi connectivity index (χ2n) is 5.68. The van der Waals surface area contributed by atoms with Gasteiger partial charge < -0.3 is 9.67 Å². The molecule has 0 bridgehead atoms. The number of fused-ring (bicyclic) bond motifs is 1. The highest BCUT2D eigenvalue weighted by Crippen LogP contribution is 2.32. The zero-order chi connectivity index (χ0) is 19.1. The number of benzene rings is 1. The van der Waals surface area contributed by atoms with Crippen molar-refractivity contribution in [2.75, 3.05) is 0 Å². The molecule has 9 heteroatoms. The van der Waals surface area contributed by atoms with Crippen LogP contribution in [0.2, 0.25) is 0 Å². The summed E-state index contributed by atoms with van der Waals surface area (Å²) in [6.45, 7) is 1.32. The molecule has 0 amide bonds. The zero-order valence-electron chi connectivity index (χ0n) is 13.5. The van der Waals surface area contributed by atoms with Gasteiger partial charge in [0.05, 0.1) is 17.7 Å². The lowest BCUT2D eigenvalue weighted by Gasteiger charge is -2.08. The summed E-state index contributed by atoms with van der Waals surface area (Å²) in [4.78, 5) is 15.5. The second-order valence-corrected chi connectivity index (χ2v) is 6.68. The lowest BCUT2D eigenvalue weighted by Crippen LogP contribution is -2.11. The van der Waals surface area contributed by atoms with Gasteiger partial charge in [0.2, 0.25) is 0 Å². The van der Waals surface area contributed by atoms with Crippen molar-refractivity contribution in [2.45, 2.75) is 26.1 Å². The molecule has 5 nitrogen and oxygen atoms in total. The molecule has 0 radical (unpaired) electrons. The quantitative estimate of drug-likeness (QED) is 0.719. The minimum absolute atomic E-state index is 0.128. The predicted molar refractivity (Wildman–Crippen MR) is 90.1 cm³/mol. The molecule has 134 valence electrons. The molecule has 3 rings (SSSR count). The fourth-order valence-corrected chi connectivity index (χ4v) is 3.57. The molecule has 0 aliphatic rings. The zero-order valence-corrected chi connectivity index (χ0v) is 14.3. The molecule has 2 aromatic heterocycles. The standard InChI is InChI=1S/C17H12F3N3O2S/c1-9-14(16(24)25)26-15(22-9)10-2-3-13-12(6-10)11(7-21)8-23(13)5-4-17(18,19)20/h2-3,6,8H,4-5H2,1H3,(H,24,25). The lowest BCUT2D eigenvalue weighted by molar-refractivity contribution is -0.136. The maximum absolute atomic E-state index is 12.5. The van der Waals surface area contributed by atoms with E-state index in [0.29, 0.717) is 27.2 Å². The van der Waals surface area contributed by atoms with Gasteiger partial charge in [-0.2, -0.15) is 18.4 Å². The van der Waals surface area contributed by atoms with Crippen molar-refractivity contribution in [1.82, 2.24) is 9.55 Å². The van der Waals surface area contributed by atoms with Gasteiger partial charge >= 0.3 is 12.1 Å². The summed E-state index contributed by atoms with van der Waals surface area (Å²) in [6, 6.07) is 6.93.